The lowest BCUT2D eigenvalue weighted by Gasteiger charge is -2.15. The molecule has 0 aliphatic carbocycles. The third-order valence-electron chi connectivity index (χ3n) is 2.62. The van der Waals surface area contributed by atoms with Gasteiger partial charge in [0.05, 0.1) is 16.5 Å². The number of nitrogens with one attached hydrogen (secondary N) is 1. The molecular formula is C11H14FN3O3. The highest BCUT2D eigenvalue weighted by Crippen LogP contribution is 2.21. The fourth-order valence-corrected chi connectivity index (χ4v) is 1.21. The minimum absolute atomic E-state index is 0.221. The summed E-state index contributed by atoms with van der Waals surface area (Å²) in [5.74, 6) is -1.74. The number of hydrogen-bond donors (Lipinski definition) is 2. The van der Waals surface area contributed by atoms with E-state index in [1.54, 1.807) is 13.8 Å². The molecule has 0 spiro atoms. The predicted molar refractivity (Wildman–Crippen MR) is 64.5 cm³/mol. The lowest BCUT2D eigenvalue weighted by Crippen LogP contribution is -2.34. The fourth-order valence-electron chi connectivity index (χ4n) is 1.21. The van der Waals surface area contributed by atoms with Crippen LogP contribution in [0, 0.1) is 21.8 Å². The summed E-state index contributed by atoms with van der Waals surface area (Å²) in [6, 6.07) is 2.54. The summed E-state index contributed by atoms with van der Waals surface area (Å²) in [7, 11) is 0. The van der Waals surface area contributed by atoms with E-state index in [-0.39, 0.29) is 11.4 Å². The molecule has 0 radical (unpaired) electrons. The van der Waals surface area contributed by atoms with Gasteiger partial charge in [-0.25, -0.2) is 4.39 Å². The van der Waals surface area contributed by atoms with Crippen LogP contribution < -0.4 is 11.1 Å². The summed E-state index contributed by atoms with van der Waals surface area (Å²) < 4.78 is 13.4. The zero-order chi connectivity index (χ0) is 13.9. The molecule has 0 bridgehead atoms. The highest BCUT2D eigenvalue weighted by Gasteiger charge is 2.19. The second-order valence-corrected chi connectivity index (χ2v) is 4.06. The molecular weight excluding hydrogens is 241 g/mol. The molecule has 0 aliphatic heterocycles. The Hall–Kier alpha value is -2.02. The van der Waals surface area contributed by atoms with Crippen molar-refractivity contribution in [2.24, 2.45) is 11.7 Å². The van der Waals surface area contributed by atoms with Crippen LogP contribution in [-0.4, -0.2) is 16.9 Å². The molecule has 6 nitrogen and oxygen atoms in total. The van der Waals surface area contributed by atoms with E-state index in [1.165, 1.54) is 0 Å². The molecule has 2 unspecified atom stereocenters. The molecule has 0 heterocycles. The van der Waals surface area contributed by atoms with Gasteiger partial charge in [-0.1, -0.05) is 6.92 Å². The van der Waals surface area contributed by atoms with Gasteiger partial charge in [-0.15, -0.1) is 0 Å². The Bertz CT molecular complexity index is 477. The normalized spacial score (nSPS) is 13.8. The van der Waals surface area contributed by atoms with Crippen molar-refractivity contribution in [1.29, 1.82) is 0 Å². The van der Waals surface area contributed by atoms with Crippen molar-refractivity contribution in [3.05, 3.63) is 34.1 Å². The molecule has 0 aliphatic rings. The Labute approximate surface area is 103 Å². The molecule has 0 aromatic heterocycles. The van der Waals surface area contributed by atoms with Gasteiger partial charge in [0.15, 0.2) is 0 Å². The Morgan fingerprint density at radius 1 is 1.50 bits per heavy atom. The first-order chi connectivity index (χ1) is 8.32. The van der Waals surface area contributed by atoms with Gasteiger partial charge in [-0.3, -0.25) is 14.9 Å². The first-order valence-corrected chi connectivity index (χ1v) is 5.33. The van der Waals surface area contributed by atoms with Gasteiger partial charge in [0.1, 0.15) is 5.82 Å². The second-order valence-electron chi connectivity index (χ2n) is 4.06. The lowest BCUT2D eigenvalue weighted by atomic mass is 10.0. The highest BCUT2D eigenvalue weighted by molar-refractivity contribution is 5.93. The zero-order valence-electron chi connectivity index (χ0n) is 10.0. The van der Waals surface area contributed by atoms with Crippen LogP contribution >= 0.6 is 0 Å². The van der Waals surface area contributed by atoms with Gasteiger partial charge in [-0.2, -0.15) is 0 Å². The third kappa shape index (κ3) is 3.24. The number of carbonyl (C=O) groups excluding carboxylic acids is 1. The zero-order valence-corrected chi connectivity index (χ0v) is 10.0. The van der Waals surface area contributed by atoms with Crippen LogP contribution in [0.2, 0.25) is 0 Å². The van der Waals surface area contributed by atoms with E-state index in [2.05, 4.69) is 5.32 Å². The minimum atomic E-state index is -0.731. The number of carbonyl (C=O) groups is 1. The summed E-state index contributed by atoms with van der Waals surface area (Å²) in [5.41, 5.74) is 5.03. The van der Waals surface area contributed by atoms with E-state index in [0.717, 1.165) is 18.2 Å². The molecule has 1 aromatic rings. The monoisotopic (exact) mass is 255 g/mol. The summed E-state index contributed by atoms with van der Waals surface area (Å²) in [4.78, 5) is 21.5. The standard InChI is InChI=1S/C11H14FN3O3/c1-6(7(2)13)11(16)14-10-5-8(15(17)18)3-4-9(10)12/h3-7H,13H2,1-2H3,(H,14,16). The van der Waals surface area contributed by atoms with Crippen LogP contribution in [0.25, 0.3) is 0 Å². The number of nitro benzene ring substituents is 1. The van der Waals surface area contributed by atoms with Crippen LogP contribution in [0.4, 0.5) is 15.8 Å². The topological polar surface area (TPSA) is 98.3 Å². The van der Waals surface area contributed by atoms with Gasteiger partial charge < -0.3 is 11.1 Å². The van der Waals surface area contributed by atoms with Crippen LogP contribution in [0.1, 0.15) is 13.8 Å². The van der Waals surface area contributed by atoms with E-state index in [0.29, 0.717) is 0 Å². The summed E-state index contributed by atoms with van der Waals surface area (Å²) in [5, 5.41) is 12.8. The number of non-ortho nitro benzene ring substituents is 1. The average molecular weight is 255 g/mol. The van der Waals surface area contributed by atoms with Gasteiger partial charge in [0.2, 0.25) is 5.91 Å². The molecule has 0 fully saturated rings. The highest BCUT2D eigenvalue weighted by atomic mass is 19.1. The lowest BCUT2D eigenvalue weighted by molar-refractivity contribution is -0.384. The van der Waals surface area contributed by atoms with Gasteiger partial charge in [0, 0.05) is 18.2 Å². The Balaban J connectivity index is 2.93. The van der Waals surface area contributed by atoms with Crippen molar-refractivity contribution < 1.29 is 14.1 Å². The molecule has 1 amide bonds. The molecule has 0 saturated heterocycles. The van der Waals surface area contributed by atoms with E-state index in [1.807, 2.05) is 0 Å². The molecule has 1 aromatic carbocycles. The first-order valence-electron chi connectivity index (χ1n) is 5.33. The number of nitrogens with two attached hydrogens (primary N) is 1. The van der Waals surface area contributed by atoms with E-state index >= 15 is 0 Å². The molecule has 7 heteroatoms. The molecule has 1 rings (SSSR count). The Morgan fingerprint density at radius 3 is 2.61 bits per heavy atom. The number of amides is 1. The molecule has 18 heavy (non-hydrogen) atoms. The number of hydrogen-bond acceptors (Lipinski definition) is 4. The minimum Gasteiger partial charge on any atom is -0.327 e. The van der Waals surface area contributed by atoms with Crippen LogP contribution in [0.5, 0.6) is 0 Å². The summed E-state index contributed by atoms with van der Waals surface area (Å²) in [6.07, 6.45) is 0. The predicted octanol–water partition coefficient (Wildman–Crippen LogP) is 1.66. The Morgan fingerprint density at radius 2 is 2.11 bits per heavy atom. The van der Waals surface area contributed by atoms with Crippen LogP contribution in [0.3, 0.4) is 0 Å². The van der Waals surface area contributed by atoms with Crippen molar-refractivity contribution in [2.45, 2.75) is 19.9 Å². The van der Waals surface area contributed by atoms with Gasteiger partial charge >= 0.3 is 0 Å². The SMILES string of the molecule is CC(N)C(C)C(=O)Nc1cc([N+](=O)[O-])ccc1F. The maximum absolute atomic E-state index is 13.4. The fraction of sp³-hybridized carbons (Fsp3) is 0.364. The maximum atomic E-state index is 13.4. The van der Waals surface area contributed by atoms with E-state index < -0.39 is 28.6 Å². The molecule has 3 N–H and O–H groups in total. The van der Waals surface area contributed by atoms with Crippen molar-refractivity contribution in [2.75, 3.05) is 5.32 Å². The van der Waals surface area contributed by atoms with Crippen LogP contribution in [-0.2, 0) is 4.79 Å². The number of benzene rings is 1. The van der Waals surface area contributed by atoms with Crippen molar-refractivity contribution in [3.63, 3.8) is 0 Å². The average Bonchev–Trinajstić information content (AvgIpc) is 2.30. The van der Waals surface area contributed by atoms with E-state index in [9.17, 15) is 19.3 Å². The third-order valence-corrected chi connectivity index (χ3v) is 2.62. The number of halogens is 1. The van der Waals surface area contributed by atoms with Crippen molar-refractivity contribution in [1.82, 2.24) is 0 Å². The second kappa shape index (κ2) is 5.54. The molecule has 0 saturated carbocycles. The number of nitrogens with zero attached hydrogens (tertiary/aromatic N) is 1. The first kappa shape index (κ1) is 14.0. The smallest absolute Gasteiger partial charge is 0.271 e. The van der Waals surface area contributed by atoms with Gasteiger partial charge in [0.25, 0.3) is 5.69 Å². The number of rotatable bonds is 4. The summed E-state index contributed by atoms with van der Waals surface area (Å²) >= 11 is 0. The number of anilines is 1. The summed E-state index contributed by atoms with van der Waals surface area (Å²) in [6.45, 7) is 3.24. The van der Waals surface area contributed by atoms with Crippen molar-refractivity contribution >= 4 is 17.3 Å². The van der Waals surface area contributed by atoms with Gasteiger partial charge in [-0.05, 0) is 13.0 Å². The number of nitro groups is 1. The Kier molecular flexibility index (Phi) is 4.33. The molecule has 98 valence electrons. The maximum Gasteiger partial charge on any atom is 0.271 e. The largest absolute Gasteiger partial charge is 0.327 e. The molecule has 2 atom stereocenters. The van der Waals surface area contributed by atoms with E-state index in [4.69, 9.17) is 5.73 Å². The quantitative estimate of drug-likeness (QED) is 0.631. The van der Waals surface area contributed by atoms with Crippen molar-refractivity contribution in [3.8, 4) is 0 Å². The van der Waals surface area contributed by atoms with Crippen LogP contribution in [0.15, 0.2) is 18.2 Å².